The van der Waals surface area contributed by atoms with Crippen LogP contribution < -0.4 is 15.6 Å². The summed E-state index contributed by atoms with van der Waals surface area (Å²) in [7, 11) is 0. The maximum atomic E-state index is 13.1. The average molecular weight is 516 g/mol. The van der Waals surface area contributed by atoms with Gasteiger partial charge in [0.15, 0.2) is 6.61 Å². The number of aryl methyl sites for hydroxylation is 1. The molecule has 0 aliphatic carbocycles. The Kier molecular flexibility index (Phi) is 6.91. The highest BCUT2D eigenvalue weighted by Crippen LogP contribution is 2.27. The van der Waals surface area contributed by atoms with E-state index in [1.807, 2.05) is 47.8 Å². The molecule has 0 radical (unpaired) electrons. The molecule has 8 nitrogen and oxygen atoms in total. The topological polar surface area (TPSA) is 102 Å². The number of H-pyrrole nitrogens is 1. The third-order valence-corrected chi connectivity index (χ3v) is 6.46. The molecular formula is C27H22FN5O3S. The molecule has 0 fully saturated rings. The number of ether oxygens (including phenoxy) is 1. The number of carbonyl (C=O) groups is 1. The Balaban J connectivity index is 1.43. The molecule has 37 heavy (non-hydrogen) atoms. The molecule has 0 bridgehead atoms. The van der Waals surface area contributed by atoms with Crippen LogP contribution in [0.2, 0.25) is 0 Å². The maximum absolute atomic E-state index is 13.1. The van der Waals surface area contributed by atoms with Gasteiger partial charge >= 0.3 is 0 Å². The number of amides is 1. The third-order valence-electron chi connectivity index (χ3n) is 5.57. The van der Waals surface area contributed by atoms with E-state index in [1.165, 1.54) is 40.3 Å². The highest BCUT2D eigenvalue weighted by molar-refractivity contribution is 7.13. The first-order valence-electron chi connectivity index (χ1n) is 11.4. The molecule has 0 atom stereocenters. The van der Waals surface area contributed by atoms with Crippen molar-refractivity contribution in [3.05, 3.63) is 111 Å². The second kappa shape index (κ2) is 10.6. The average Bonchev–Trinajstić information content (AvgIpc) is 3.57. The number of nitrogens with one attached hydrogen (secondary N) is 2. The van der Waals surface area contributed by atoms with E-state index >= 15 is 0 Å². The zero-order valence-electron chi connectivity index (χ0n) is 19.8. The van der Waals surface area contributed by atoms with Crippen LogP contribution >= 0.6 is 11.3 Å². The predicted molar refractivity (Wildman–Crippen MR) is 140 cm³/mol. The molecule has 2 N–H and O–H groups in total. The van der Waals surface area contributed by atoms with Gasteiger partial charge in [0.05, 0.1) is 10.6 Å². The number of nitrogens with zero attached hydrogens (tertiary/aromatic N) is 3. The van der Waals surface area contributed by atoms with Crippen molar-refractivity contribution < 1.29 is 13.9 Å². The summed E-state index contributed by atoms with van der Waals surface area (Å²) in [6.45, 7) is 1.47. The normalized spacial score (nSPS) is 10.9. The van der Waals surface area contributed by atoms with E-state index < -0.39 is 11.7 Å². The first kappa shape index (κ1) is 24.1. The number of aromatic amines is 1. The quantitative estimate of drug-likeness (QED) is 0.311. The van der Waals surface area contributed by atoms with Gasteiger partial charge in [-0.1, -0.05) is 36.4 Å². The first-order valence-corrected chi connectivity index (χ1v) is 12.3. The van der Waals surface area contributed by atoms with Gasteiger partial charge in [0, 0.05) is 18.1 Å². The number of aromatic nitrogens is 4. The number of carbonyl (C=O) groups excluding carboxylic acids is 1. The standard InChI is InChI=1S/C27H22FN5O3S/c1-17-21(14-18-6-3-2-4-7-18)26(35)31-27(29-17)33-24(15-22(32-33)23-8-5-13-37-23)30-25(34)16-36-20-11-9-19(28)10-12-20/h2-13,15H,14,16H2,1H3,(H,30,34)(H,29,31,35). The van der Waals surface area contributed by atoms with E-state index in [9.17, 15) is 14.0 Å². The van der Waals surface area contributed by atoms with Crippen molar-refractivity contribution in [3.63, 3.8) is 0 Å². The Labute approximate surface area is 215 Å². The van der Waals surface area contributed by atoms with E-state index in [0.29, 0.717) is 34.9 Å². The minimum Gasteiger partial charge on any atom is -0.484 e. The van der Waals surface area contributed by atoms with Crippen LogP contribution in [-0.2, 0) is 11.2 Å². The molecule has 0 saturated heterocycles. The molecule has 0 spiro atoms. The van der Waals surface area contributed by atoms with Gasteiger partial charge in [-0.2, -0.15) is 9.78 Å². The molecule has 0 saturated carbocycles. The van der Waals surface area contributed by atoms with Crippen LogP contribution in [0.1, 0.15) is 16.8 Å². The summed E-state index contributed by atoms with van der Waals surface area (Å²) in [4.78, 5) is 34.0. The van der Waals surface area contributed by atoms with E-state index in [-0.39, 0.29) is 18.1 Å². The van der Waals surface area contributed by atoms with E-state index in [4.69, 9.17) is 4.74 Å². The molecule has 0 unspecified atom stereocenters. The summed E-state index contributed by atoms with van der Waals surface area (Å²) in [6.07, 6.45) is 0.444. The Morgan fingerprint density at radius 3 is 2.59 bits per heavy atom. The van der Waals surface area contributed by atoms with Crippen molar-refractivity contribution in [2.45, 2.75) is 13.3 Å². The van der Waals surface area contributed by atoms with Crippen LogP contribution in [0.5, 0.6) is 5.75 Å². The molecule has 1 amide bonds. The van der Waals surface area contributed by atoms with Crippen molar-refractivity contribution in [1.29, 1.82) is 0 Å². The molecule has 10 heteroatoms. The largest absolute Gasteiger partial charge is 0.484 e. The second-order valence-corrected chi connectivity index (χ2v) is 9.16. The molecule has 2 aromatic carbocycles. The molecular weight excluding hydrogens is 493 g/mol. The Morgan fingerprint density at radius 1 is 1.11 bits per heavy atom. The fraction of sp³-hybridized carbons (Fsp3) is 0.111. The van der Waals surface area contributed by atoms with Gasteiger partial charge in [0.25, 0.3) is 11.5 Å². The highest BCUT2D eigenvalue weighted by Gasteiger charge is 2.18. The van der Waals surface area contributed by atoms with Gasteiger partial charge < -0.3 is 10.1 Å². The molecule has 186 valence electrons. The second-order valence-electron chi connectivity index (χ2n) is 8.21. The lowest BCUT2D eigenvalue weighted by atomic mass is 10.1. The number of thiophene rings is 1. The number of hydrogen-bond donors (Lipinski definition) is 2. The zero-order chi connectivity index (χ0) is 25.8. The molecule has 5 rings (SSSR count). The van der Waals surface area contributed by atoms with Crippen molar-refractivity contribution in [1.82, 2.24) is 19.7 Å². The lowest BCUT2D eigenvalue weighted by Gasteiger charge is -2.11. The van der Waals surface area contributed by atoms with Crippen LogP contribution in [0.15, 0.2) is 83.0 Å². The van der Waals surface area contributed by atoms with Crippen molar-refractivity contribution in [2.75, 3.05) is 11.9 Å². The van der Waals surface area contributed by atoms with Crippen LogP contribution in [0.3, 0.4) is 0 Å². The van der Waals surface area contributed by atoms with Gasteiger partial charge in [0.2, 0.25) is 5.95 Å². The number of anilines is 1. The van der Waals surface area contributed by atoms with Crippen LogP contribution in [0, 0.1) is 12.7 Å². The third kappa shape index (κ3) is 5.65. The summed E-state index contributed by atoms with van der Waals surface area (Å²) >= 11 is 1.49. The lowest BCUT2D eigenvalue weighted by Crippen LogP contribution is -2.24. The number of rotatable bonds is 8. The van der Waals surface area contributed by atoms with E-state index in [1.54, 1.807) is 13.0 Å². The minimum atomic E-state index is -0.456. The van der Waals surface area contributed by atoms with Gasteiger partial charge in [-0.3, -0.25) is 14.6 Å². The lowest BCUT2D eigenvalue weighted by molar-refractivity contribution is -0.118. The maximum Gasteiger partial charge on any atom is 0.263 e. The minimum absolute atomic E-state index is 0.178. The summed E-state index contributed by atoms with van der Waals surface area (Å²) in [5.74, 6) is 0.00245. The van der Waals surface area contributed by atoms with Crippen molar-refractivity contribution in [3.8, 4) is 22.3 Å². The molecule has 0 aliphatic heterocycles. The Hall–Kier alpha value is -4.57. The monoisotopic (exact) mass is 515 g/mol. The van der Waals surface area contributed by atoms with E-state index in [0.717, 1.165) is 10.4 Å². The first-order chi connectivity index (χ1) is 18.0. The van der Waals surface area contributed by atoms with Gasteiger partial charge in [0.1, 0.15) is 23.1 Å². The summed E-state index contributed by atoms with van der Waals surface area (Å²) in [5.41, 5.74) is 2.44. The summed E-state index contributed by atoms with van der Waals surface area (Å²) in [6, 6.07) is 20.6. The summed E-state index contributed by atoms with van der Waals surface area (Å²) < 4.78 is 20.0. The molecule has 0 aliphatic rings. The van der Waals surface area contributed by atoms with Crippen molar-refractivity contribution in [2.24, 2.45) is 0 Å². The van der Waals surface area contributed by atoms with Gasteiger partial charge in [-0.15, -0.1) is 11.3 Å². The van der Waals surface area contributed by atoms with Crippen LogP contribution in [0.25, 0.3) is 16.5 Å². The number of hydrogen-bond acceptors (Lipinski definition) is 6. The smallest absolute Gasteiger partial charge is 0.263 e. The van der Waals surface area contributed by atoms with Crippen LogP contribution in [0.4, 0.5) is 10.2 Å². The molecule has 5 aromatic rings. The Morgan fingerprint density at radius 2 is 1.89 bits per heavy atom. The van der Waals surface area contributed by atoms with Crippen molar-refractivity contribution >= 4 is 23.1 Å². The molecule has 3 aromatic heterocycles. The Bertz CT molecular complexity index is 1580. The molecule has 3 heterocycles. The summed E-state index contributed by atoms with van der Waals surface area (Å²) in [5, 5.41) is 9.29. The van der Waals surface area contributed by atoms with Gasteiger partial charge in [-0.05, 0) is 48.2 Å². The fourth-order valence-electron chi connectivity index (χ4n) is 3.74. The zero-order valence-corrected chi connectivity index (χ0v) is 20.6. The van der Waals surface area contributed by atoms with Gasteiger partial charge in [-0.25, -0.2) is 9.37 Å². The SMILES string of the molecule is Cc1nc(-n2nc(-c3cccs3)cc2NC(=O)COc2ccc(F)cc2)[nH]c(=O)c1Cc1ccccc1. The van der Waals surface area contributed by atoms with Crippen LogP contribution in [-0.4, -0.2) is 32.3 Å². The number of benzene rings is 2. The predicted octanol–water partition coefficient (Wildman–Crippen LogP) is 4.74. The fourth-order valence-corrected chi connectivity index (χ4v) is 4.42. The van der Waals surface area contributed by atoms with E-state index in [2.05, 4.69) is 20.4 Å². The number of halogens is 1. The highest BCUT2D eigenvalue weighted by atomic mass is 32.1.